The number of benzene rings is 1. The molecule has 1 aliphatic heterocycles. The fourth-order valence-corrected chi connectivity index (χ4v) is 2.76. The van der Waals surface area contributed by atoms with Crippen molar-refractivity contribution in [2.24, 2.45) is 7.05 Å². The van der Waals surface area contributed by atoms with Crippen molar-refractivity contribution in [3.63, 3.8) is 0 Å². The quantitative estimate of drug-likeness (QED) is 0.924. The maximum Gasteiger partial charge on any atom is 0.356 e. The normalized spacial score (nSPS) is 16.9. The standard InChI is InChI=1S/C14H13ClN2O3/c1-7-3-9-4-8(5-10(15)13(9)20-7)12-6-11(14(18)19)16-17(12)2/h4-7H,3H2,1-2H3,(H,18,19). The highest BCUT2D eigenvalue weighted by molar-refractivity contribution is 6.32. The van der Waals surface area contributed by atoms with Gasteiger partial charge in [-0.2, -0.15) is 5.10 Å². The van der Waals surface area contributed by atoms with E-state index in [0.29, 0.717) is 10.7 Å². The SMILES string of the molecule is CC1Cc2cc(-c3cc(C(=O)O)nn3C)cc(Cl)c2O1. The fourth-order valence-electron chi connectivity index (χ4n) is 2.48. The summed E-state index contributed by atoms with van der Waals surface area (Å²) >= 11 is 6.24. The minimum Gasteiger partial charge on any atom is -0.489 e. The molecule has 1 atom stereocenters. The molecule has 2 aromatic rings. The summed E-state index contributed by atoms with van der Waals surface area (Å²) in [4.78, 5) is 11.0. The Kier molecular flexibility index (Phi) is 2.94. The van der Waals surface area contributed by atoms with Crippen LogP contribution in [0.5, 0.6) is 5.75 Å². The number of hydrogen-bond donors (Lipinski definition) is 1. The molecule has 0 aliphatic carbocycles. The van der Waals surface area contributed by atoms with Crippen LogP contribution >= 0.6 is 11.6 Å². The molecule has 0 radical (unpaired) electrons. The van der Waals surface area contributed by atoms with Crippen molar-refractivity contribution >= 4 is 17.6 Å². The molecule has 1 aromatic carbocycles. The predicted octanol–water partition coefficient (Wildman–Crippen LogP) is 2.76. The van der Waals surface area contributed by atoms with Crippen molar-refractivity contribution in [1.82, 2.24) is 9.78 Å². The summed E-state index contributed by atoms with van der Waals surface area (Å²) in [5.74, 6) is -0.320. The molecule has 0 spiro atoms. The topological polar surface area (TPSA) is 64.3 Å². The Morgan fingerprint density at radius 1 is 1.50 bits per heavy atom. The van der Waals surface area contributed by atoms with Crippen LogP contribution in [-0.4, -0.2) is 27.0 Å². The van der Waals surface area contributed by atoms with Crippen molar-refractivity contribution in [3.8, 4) is 17.0 Å². The summed E-state index contributed by atoms with van der Waals surface area (Å²) < 4.78 is 7.20. The first-order valence-corrected chi connectivity index (χ1v) is 6.60. The summed E-state index contributed by atoms with van der Waals surface area (Å²) in [5.41, 5.74) is 2.61. The van der Waals surface area contributed by atoms with Gasteiger partial charge in [0.15, 0.2) is 5.69 Å². The number of aryl methyl sites for hydroxylation is 1. The van der Waals surface area contributed by atoms with Gasteiger partial charge in [-0.1, -0.05) is 11.6 Å². The van der Waals surface area contributed by atoms with E-state index in [-0.39, 0.29) is 11.8 Å². The largest absolute Gasteiger partial charge is 0.489 e. The van der Waals surface area contributed by atoms with Crippen molar-refractivity contribution in [2.75, 3.05) is 0 Å². The van der Waals surface area contributed by atoms with E-state index in [0.717, 1.165) is 23.3 Å². The van der Waals surface area contributed by atoms with Gasteiger partial charge in [-0.25, -0.2) is 4.79 Å². The first-order chi connectivity index (χ1) is 9.45. The number of aromatic nitrogens is 2. The Hall–Kier alpha value is -2.01. The van der Waals surface area contributed by atoms with Crippen LogP contribution in [0.4, 0.5) is 0 Å². The molecule has 0 amide bonds. The first kappa shape index (κ1) is 13.0. The average molecular weight is 293 g/mol. The number of hydrogen-bond acceptors (Lipinski definition) is 3. The number of carbonyl (C=O) groups is 1. The minimum absolute atomic E-state index is 0.0174. The molecule has 0 saturated carbocycles. The van der Waals surface area contributed by atoms with Crippen molar-refractivity contribution < 1.29 is 14.6 Å². The zero-order valence-electron chi connectivity index (χ0n) is 11.1. The minimum atomic E-state index is -1.05. The molecule has 1 N–H and O–H groups in total. The van der Waals surface area contributed by atoms with E-state index in [9.17, 15) is 4.79 Å². The lowest BCUT2D eigenvalue weighted by molar-refractivity contribution is 0.0689. The Bertz CT molecular complexity index is 709. The number of nitrogens with zero attached hydrogens (tertiary/aromatic N) is 2. The maximum atomic E-state index is 11.0. The van der Waals surface area contributed by atoms with E-state index in [2.05, 4.69) is 5.10 Å². The number of ether oxygens (including phenoxy) is 1. The van der Waals surface area contributed by atoms with E-state index >= 15 is 0 Å². The second-order valence-electron chi connectivity index (χ2n) is 4.92. The van der Waals surface area contributed by atoms with Gasteiger partial charge in [-0.3, -0.25) is 4.68 Å². The van der Waals surface area contributed by atoms with Gasteiger partial charge in [0.1, 0.15) is 11.9 Å². The van der Waals surface area contributed by atoms with E-state index in [1.54, 1.807) is 23.9 Å². The predicted molar refractivity (Wildman–Crippen MR) is 74.4 cm³/mol. The van der Waals surface area contributed by atoms with Crippen LogP contribution in [0.25, 0.3) is 11.3 Å². The molecular weight excluding hydrogens is 280 g/mol. The van der Waals surface area contributed by atoms with Gasteiger partial charge in [0.2, 0.25) is 0 Å². The van der Waals surface area contributed by atoms with Gasteiger partial charge in [0, 0.05) is 24.6 Å². The monoisotopic (exact) mass is 292 g/mol. The van der Waals surface area contributed by atoms with Crippen LogP contribution in [0.1, 0.15) is 23.0 Å². The third-order valence-corrected chi connectivity index (χ3v) is 3.62. The molecule has 3 rings (SSSR count). The van der Waals surface area contributed by atoms with E-state index in [4.69, 9.17) is 21.4 Å². The summed E-state index contributed by atoms with van der Waals surface area (Å²) in [6.07, 6.45) is 0.908. The van der Waals surface area contributed by atoms with E-state index in [1.807, 2.05) is 13.0 Å². The summed E-state index contributed by atoms with van der Waals surface area (Å²) in [6, 6.07) is 5.30. The molecule has 104 valence electrons. The number of carboxylic acids is 1. The number of rotatable bonds is 2. The van der Waals surface area contributed by atoms with Gasteiger partial charge in [0.05, 0.1) is 10.7 Å². The Morgan fingerprint density at radius 3 is 2.90 bits per heavy atom. The molecular formula is C14H13ClN2O3. The van der Waals surface area contributed by atoms with Crippen LogP contribution in [0.15, 0.2) is 18.2 Å². The molecule has 1 aromatic heterocycles. The second-order valence-corrected chi connectivity index (χ2v) is 5.33. The molecule has 0 fully saturated rings. The van der Waals surface area contributed by atoms with Crippen molar-refractivity contribution in [3.05, 3.63) is 34.5 Å². The number of halogens is 1. The maximum absolute atomic E-state index is 11.0. The van der Waals surface area contributed by atoms with Crippen LogP contribution in [0.2, 0.25) is 5.02 Å². The first-order valence-electron chi connectivity index (χ1n) is 6.22. The molecule has 0 saturated heterocycles. The Labute approximate surface area is 120 Å². The number of aromatic carboxylic acids is 1. The number of fused-ring (bicyclic) bond motifs is 1. The van der Waals surface area contributed by atoms with Gasteiger partial charge < -0.3 is 9.84 Å². The lowest BCUT2D eigenvalue weighted by Crippen LogP contribution is -2.05. The van der Waals surface area contributed by atoms with Gasteiger partial charge in [-0.05, 0) is 25.1 Å². The second kappa shape index (κ2) is 4.52. The van der Waals surface area contributed by atoms with Crippen LogP contribution in [0.3, 0.4) is 0 Å². The highest BCUT2D eigenvalue weighted by atomic mass is 35.5. The smallest absolute Gasteiger partial charge is 0.356 e. The molecule has 2 heterocycles. The molecule has 0 bridgehead atoms. The fraction of sp³-hybridized carbons (Fsp3) is 0.286. The molecule has 1 aliphatic rings. The average Bonchev–Trinajstić information content (AvgIpc) is 2.92. The third-order valence-electron chi connectivity index (χ3n) is 3.34. The molecule has 20 heavy (non-hydrogen) atoms. The van der Waals surface area contributed by atoms with Crippen LogP contribution in [0, 0.1) is 0 Å². The lowest BCUT2D eigenvalue weighted by atomic mass is 10.0. The lowest BCUT2D eigenvalue weighted by Gasteiger charge is -2.07. The molecule has 1 unspecified atom stereocenters. The zero-order valence-corrected chi connectivity index (χ0v) is 11.8. The summed E-state index contributed by atoms with van der Waals surface area (Å²) in [5, 5.41) is 13.5. The highest BCUT2D eigenvalue weighted by Gasteiger charge is 2.23. The highest BCUT2D eigenvalue weighted by Crippen LogP contribution is 2.39. The van der Waals surface area contributed by atoms with Gasteiger partial charge in [0.25, 0.3) is 0 Å². The summed E-state index contributed by atoms with van der Waals surface area (Å²) in [7, 11) is 1.71. The van der Waals surface area contributed by atoms with E-state index in [1.165, 1.54) is 0 Å². The summed E-state index contributed by atoms with van der Waals surface area (Å²) in [6.45, 7) is 1.99. The molecule has 6 heteroatoms. The van der Waals surface area contributed by atoms with Crippen molar-refractivity contribution in [2.45, 2.75) is 19.4 Å². The number of carboxylic acid groups (broad SMARTS) is 1. The van der Waals surface area contributed by atoms with E-state index < -0.39 is 5.97 Å². The third kappa shape index (κ3) is 2.04. The van der Waals surface area contributed by atoms with Crippen LogP contribution < -0.4 is 4.74 Å². The Morgan fingerprint density at radius 2 is 2.25 bits per heavy atom. The molecule has 5 nitrogen and oxygen atoms in total. The zero-order chi connectivity index (χ0) is 14.4. The van der Waals surface area contributed by atoms with Gasteiger partial charge in [-0.15, -0.1) is 0 Å². The van der Waals surface area contributed by atoms with Crippen LogP contribution in [-0.2, 0) is 13.5 Å². The van der Waals surface area contributed by atoms with Gasteiger partial charge >= 0.3 is 5.97 Å². The van der Waals surface area contributed by atoms with Crippen molar-refractivity contribution in [1.29, 1.82) is 0 Å². The Balaban J connectivity index is 2.10.